The van der Waals surface area contributed by atoms with Crippen LogP contribution in [0.3, 0.4) is 0 Å². The first kappa shape index (κ1) is 12.9. The Hall–Kier alpha value is -1.53. The molecule has 0 bridgehead atoms. The predicted octanol–water partition coefficient (Wildman–Crippen LogP) is 1.58. The van der Waals surface area contributed by atoms with Gasteiger partial charge < -0.3 is 5.73 Å². The van der Waals surface area contributed by atoms with E-state index in [4.69, 9.17) is 17.3 Å². The van der Waals surface area contributed by atoms with E-state index < -0.39 is 11.2 Å². The molecule has 0 atom stereocenters. The number of aromatic nitrogens is 2. The minimum absolute atomic E-state index is 0.0300. The molecule has 0 amide bonds. The Kier molecular flexibility index (Phi) is 3.58. The standard InChI is InChI=1S/C11H9BrClN3O2/c12-7-1-6(2-8(14)3-7)4-16-5-9(13)10(17)15-11(16)18/h1-3,5H,4,14H2,(H,15,17,18). The van der Waals surface area contributed by atoms with Crippen molar-refractivity contribution in [1.82, 2.24) is 9.55 Å². The topological polar surface area (TPSA) is 80.9 Å². The molecule has 0 fully saturated rings. The van der Waals surface area contributed by atoms with E-state index in [0.717, 1.165) is 10.0 Å². The van der Waals surface area contributed by atoms with Gasteiger partial charge in [-0.05, 0) is 23.8 Å². The largest absolute Gasteiger partial charge is 0.399 e. The summed E-state index contributed by atoms with van der Waals surface area (Å²) in [4.78, 5) is 24.8. The van der Waals surface area contributed by atoms with E-state index in [9.17, 15) is 9.59 Å². The molecule has 2 aromatic rings. The highest BCUT2D eigenvalue weighted by Crippen LogP contribution is 2.17. The van der Waals surface area contributed by atoms with Crippen LogP contribution in [-0.4, -0.2) is 9.55 Å². The van der Waals surface area contributed by atoms with Crippen molar-refractivity contribution in [1.29, 1.82) is 0 Å². The lowest BCUT2D eigenvalue weighted by atomic mass is 10.2. The number of nitrogens with zero attached hydrogens (tertiary/aromatic N) is 1. The van der Waals surface area contributed by atoms with Crippen LogP contribution in [0.4, 0.5) is 5.69 Å². The van der Waals surface area contributed by atoms with Crippen LogP contribution in [0.2, 0.25) is 5.02 Å². The van der Waals surface area contributed by atoms with Crippen LogP contribution in [0.25, 0.3) is 0 Å². The molecule has 0 aliphatic rings. The molecule has 1 aromatic heterocycles. The number of benzene rings is 1. The van der Waals surface area contributed by atoms with Gasteiger partial charge in [0, 0.05) is 16.4 Å². The zero-order chi connectivity index (χ0) is 13.3. The van der Waals surface area contributed by atoms with Gasteiger partial charge in [0.25, 0.3) is 5.56 Å². The lowest BCUT2D eigenvalue weighted by Gasteiger charge is -2.07. The highest BCUT2D eigenvalue weighted by molar-refractivity contribution is 9.10. The summed E-state index contributed by atoms with van der Waals surface area (Å²) in [7, 11) is 0. The van der Waals surface area contributed by atoms with Gasteiger partial charge in [-0.15, -0.1) is 0 Å². The van der Waals surface area contributed by atoms with Gasteiger partial charge >= 0.3 is 5.69 Å². The molecule has 0 saturated carbocycles. The Morgan fingerprint density at radius 2 is 2.06 bits per heavy atom. The van der Waals surface area contributed by atoms with Gasteiger partial charge in [0.2, 0.25) is 0 Å². The Morgan fingerprint density at radius 1 is 1.33 bits per heavy atom. The Labute approximate surface area is 115 Å². The maximum absolute atomic E-state index is 11.6. The molecular formula is C11H9BrClN3O2. The lowest BCUT2D eigenvalue weighted by Crippen LogP contribution is -2.29. The third-order valence-electron chi connectivity index (χ3n) is 2.30. The van der Waals surface area contributed by atoms with Crippen LogP contribution >= 0.6 is 27.5 Å². The van der Waals surface area contributed by atoms with E-state index in [-0.39, 0.29) is 11.6 Å². The molecule has 18 heavy (non-hydrogen) atoms. The van der Waals surface area contributed by atoms with Crippen LogP contribution in [0, 0.1) is 0 Å². The van der Waals surface area contributed by atoms with Crippen molar-refractivity contribution in [3.63, 3.8) is 0 Å². The molecule has 3 N–H and O–H groups in total. The summed E-state index contributed by atoms with van der Waals surface area (Å²) in [6, 6.07) is 5.34. The number of hydrogen-bond donors (Lipinski definition) is 2. The quantitative estimate of drug-likeness (QED) is 0.820. The van der Waals surface area contributed by atoms with Crippen LogP contribution in [0.1, 0.15) is 5.56 Å². The molecule has 5 nitrogen and oxygen atoms in total. The molecular weight excluding hydrogens is 321 g/mol. The number of nitrogens with two attached hydrogens (primary N) is 1. The molecule has 0 radical (unpaired) electrons. The molecule has 0 spiro atoms. The fourth-order valence-corrected chi connectivity index (χ4v) is 2.29. The fraction of sp³-hybridized carbons (Fsp3) is 0.0909. The summed E-state index contributed by atoms with van der Waals surface area (Å²) in [5.74, 6) is 0. The zero-order valence-corrected chi connectivity index (χ0v) is 11.5. The second kappa shape index (κ2) is 4.99. The summed E-state index contributed by atoms with van der Waals surface area (Å²) in [6.45, 7) is 0.277. The molecule has 0 aliphatic carbocycles. The summed E-state index contributed by atoms with van der Waals surface area (Å²) < 4.78 is 2.13. The van der Waals surface area contributed by atoms with E-state index in [1.54, 1.807) is 12.1 Å². The van der Waals surface area contributed by atoms with Crippen LogP contribution in [0.5, 0.6) is 0 Å². The number of halogens is 2. The van der Waals surface area contributed by atoms with Crippen molar-refractivity contribution >= 4 is 33.2 Å². The summed E-state index contributed by atoms with van der Waals surface area (Å²) in [5, 5.41) is -0.0300. The number of anilines is 1. The molecule has 1 heterocycles. The monoisotopic (exact) mass is 329 g/mol. The third-order valence-corrected chi connectivity index (χ3v) is 3.03. The van der Waals surface area contributed by atoms with Gasteiger partial charge in [-0.3, -0.25) is 14.3 Å². The Bertz CT molecular complexity index is 688. The summed E-state index contributed by atoms with van der Waals surface area (Å²) in [5.41, 5.74) is 6.01. The smallest absolute Gasteiger partial charge is 0.328 e. The van der Waals surface area contributed by atoms with Gasteiger partial charge in [-0.2, -0.15) is 0 Å². The molecule has 0 saturated heterocycles. The van der Waals surface area contributed by atoms with Crippen molar-refractivity contribution in [2.24, 2.45) is 0 Å². The van der Waals surface area contributed by atoms with Crippen molar-refractivity contribution in [2.75, 3.05) is 5.73 Å². The first-order valence-electron chi connectivity index (χ1n) is 5.00. The van der Waals surface area contributed by atoms with Gasteiger partial charge in [-0.1, -0.05) is 27.5 Å². The SMILES string of the molecule is Nc1cc(Br)cc(Cn2cc(Cl)c(=O)[nH]c2=O)c1. The molecule has 2 rings (SSSR count). The number of aromatic amines is 1. The first-order valence-corrected chi connectivity index (χ1v) is 6.17. The van der Waals surface area contributed by atoms with Gasteiger partial charge in [0.05, 0.1) is 6.54 Å². The maximum Gasteiger partial charge on any atom is 0.328 e. The van der Waals surface area contributed by atoms with Crippen molar-refractivity contribution in [2.45, 2.75) is 6.54 Å². The first-order chi connectivity index (χ1) is 8.45. The summed E-state index contributed by atoms with van der Waals surface area (Å²) in [6.07, 6.45) is 1.31. The number of H-pyrrole nitrogens is 1. The van der Waals surface area contributed by atoms with Crippen LogP contribution in [-0.2, 0) is 6.54 Å². The van der Waals surface area contributed by atoms with Crippen molar-refractivity contribution in [3.05, 3.63) is 60.3 Å². The van der Waals surface area contributed by atoms with Crippen molar-refractivity contribution in [3.8, 4) is 0 Å². The minimum atomic E-state index is -0.591. The average Bonchev–Trinajstić information content (AvgIpc) is 2.24. The number of hydrogen-bond acceptors (Lipinski definition) is 3. The normalized spacial score (nSPS) is 10.6. The zero-order valence-electron chi connectivity index (χ0n) is 9.11. The van der Waals surface area contributed by atoms with E-state index in [0.29, 0.717) is 5.69 Å². The minimum Gasteiger partial charge on any atom is -0.399 e. The number of nitrogens with one attached hydrogen (secondary N) is 1. The average molecular weight is 331 g/mol. The molecule has 0 aliphatic heterocycles. The molecule has 0 unspecified atom stereocenters. The summed E-state index contributed by atoms with van der Waals surface area (Å²) >= 11 is 9.00. The van der Waals surface area contributed by atoms with Gasteiger partial charge in [-0.25, -0.2) is 4.79 Å². The lowest BCUT2D eigenvalue weighted by molar-refractivity contribution is 0.720. The second-order valence-corrected chi connectivity index (χ2v) is 5.08. The second-order valence-electron chi connectivity index (χ2n) is 3.76. The van der Waals surface area contributed by atoms with Gasteiger partial charge in [0.1, 0.15) is 5.02 Å². The molecule has 1 aromatic carbocycles. The van der Waals surface area contributed by atoms with Crippen LogP contribution in [0.15, 0.2) is 38.5 Å². The Morgan fingerprint density at radius 3 is 2.72 bits per heavy atom. The van der Waals surface area contributed by atoms with E-state index in [1.807, 2.05) is 6.07 Å². The highest BCUT2D eigenvalue weighted by Gasteiger charge is 2.04. The van der Waals surface area contributed by atoms with Gasteiger partial charge in [0.15, 0.2) is 0 Å². The Balaban J connectivity index is 2.43. The third kappa shape index (κ3) is 2.83. The molecule has 7 heteroatoms. The van der Waals surface area contributed by atoms with E-state index in [1.165, 1.54) is 10.8 Å². The van der Waals surface area contributed by atoms with E-state index >= 15 is 0 Å². The highest BCUT2D eigenvalue weighted by atomic mass is 79.9. The van der Waals surface area contributed by atoms with Crippen LogP contribution < -0.4 is 17.0 Å². The van der Waals surface area contributed by atoms with Crippen molar-refractivity contribution < 1.29 is 0 Å². The molecule has 94 valence electrons. The maximum atomic E-state index is 11.6. The number of rotatable bonds is 2. The van der Waals surface area contributed by atoms with E-state index in [2.05, 4.69) is 20.9 Å². The number of nitrogen functional groups attached to an aromatic ring is 1. The predicted molar refractivity (Wildman–Crippen MR) is 74.0 cm³/mol. The fourth-order valence-electron chi connectivity index (χ4n) is 1.56.